The van der Waals surface area contributed by atoms with Crippen LogP contribution in [0.5, 0.6) is 0 Å². The molecule has 4 aliphatic carbocycles. The Labute approximate surface area is 209 Å². The average Bonchev–Trinajstić information content (AvgIpc) is 3.39. The fraction of sp³-hybridized carbons (Fsp3) is 0.448. The molecule has 4 saturated carbocycles. The van der Waals surface area contributed by atoms with Crippen molar-refractivity contribution in [1.29, 1.82) is 0 Å². The van der Waals surface area contributed by atoms with Crippen LogP contribution in [0, 0.1) is 23.2 Å². The monoisotopic (exact) mass is 482 g/mol. The Kier molecular flexibility index (Phi) is 4.85. The third kappa shape index (κ3) is 3.47. The van der Waals surface area contributed by atoms with Crippen LogP contribution in [0.2, 0.25) is 0 Å². The van der Waals surface area contributed by atoms with Gasteiger partial charge in [-0.3, -0.25) is 23.7 Å². The lowest BCUT2D eigenvalue weighted by Crippen LogP contribution is -2.51. The first kappa shape index (κ1) is 21.8. The molecule has 0 saturated heterocycles. The van der Waals surface area contributed by atoms with Crippen molar-refractivity contribution in [2.45, 2.75) is 44.9 Å². The Morgan fingerprint density at radius 2 is 1.56 bits per heavy atom. The number of carbonyl (C=O) groups excluding carboxylic acids is 3. The second-order valence-corrected chi connectivity index (χ2v) is 11.5. The number of nitrogens with zero attached hydrogens (tertiary/aromatic N) is 3. The van der Waals surface area contributed by atoms with E-state index in [1.165, 1.54) is 43.4 Å². The highest BCUT2D eigenvalue weighted by Crippen LogP contribution is 2.59. The summed E-state index contributed by atoms with van der Waals surface area (Å²) in [6, 6.07) is 12.5. The molecule has 184 valence electrons. The number of fused-ring (bicyclic) bond motifs is 2. The molecule has 2 aromatic heterocycles. The van der Waals surface area contributed by atoms with Gasteiger partial charge in [-0.25, -0.2) is 4.98 Å². The van der Waals surface area contributed by atoms with Crippen LogP contribution in [0.1, 0.15) is 75.4 Å². The van der Waals surface area contributed by atoms with Crippen LogP contribution in [-0.2, 0) is 6.42 Å². The van der Waals surface area contributed by atoms with Gasteiger partial charge < -0.3 is 5.32 Å². The zero-order valence-electron chi connectivity index (χ0n) is 20.3. The van der Waals surface area contributed by atoms with E-state index in [2.05, 4.69) is 10.3 Å². The van der Waals surface area contributed by atoms with Gasteiger partial charge in [-0.15, -0.1) is 0 Å². The minimum Gasteiger partial charge on any atom is -0.350 e. The highest BCUT2D eigenvalue weighted by atomic mass is 16.2. The summed E-state index contributed by atoms with van der Waals surface area (Å²) in [4.78, 5) is 44.6. The SMILES string of the molecule is O=C(NCC12CC3CC(CC(C3)C1)C2)c1cccc2nc(CCN3C(=O)c4ccccc4C3=O)cn12. The molecule has 4 fully saturated rings. The Hall–Kier alpha value is -3.48. The fourth-order valence-corrected chi connectivity index (χ4v) is 7.90. The second kappa shape index (κ2) is 8.02. The summed E-state index contributed by atoms with van der Waals surface area (Å²) in [5, 5.41) is 3.27. The Bertz CT molecular complexity index is 1340. The Morgan fingerprint density at radius 3 is 2.19 bits per heavy atom. The lowest BCUT2D eigenvalue weighted by atomic mass is 9.49. The van der Waals surface area contributed by atoms with E-state index in [0.29, 0.717) is 28.9 Å². The predicted molar refractivity (Wildman–Crippen MR) is 134 cm³/mol. The van der Waals surface area contributed by atoms with Gasteiger partial charge in [0.25, 0.3) is 17.7 Å². The molecule has 1 aliphatic heterocycles. The van der Waals surface area contributed by atoms with E-state index in [1.54, 1.807) is 24.3 Å². The molecule has 5 aliphatic rings. The van der Waals surface area contributed by atoms with Gasteiger partial charge in [0.05, 0.1) is 16.8 Å². The van der Waals surface area contributed by atoms with E-state index in [1.807, 2.05) is 28.8 Å². The number of hydrogen-bond acceptors (Lipinski definition) is 4. The minimum atomic E-state index is -0.260. The molecule has 7 heteroatoms. The van der Waals surface area contributed by atoms with Crippen LogP contribution in [0.25, 0.3) is 5.65 Å². The van der Waals surface area contributed by atoms with Crippen LogP contribution in [-0.4, -0.2) is 45.1 Å². The summed E-state index contributed by atoms with van der Waals surface area (Å²) >= 11 is 0. The molecule has 7 nitrogen and oxygen atoms in total. The number of rotatable bonds is 6. The van der Waals surface area contributed by atoms with Crippen molar-refractivity contribution < 1.29 is 14.4 Å². The van der Waals surface area contributed by atoms with Crippen LogP contribution in [0.15, 0.2) is 48.7 Å². The summed E-state index contributed by atoms with van der Waals surface area (Å²) in [6.45, 7) is 1.01. The van der Waals surface area contributed by atoms with Crippen molar-refractivity contribution in [3.8, 4) is 0 Å². The fourth-order valence-electron chi connectivity index (χ4n) is 7.90. The van der Waals surface area contributed by atoms with Crippen molar-refractivity contribution >= 4 is 23.4 Å². The van der Waals surface area contributed by atoms with Crippen molar-refractivity contribution in [3.63, 3.8) is 0 Å². The van der Waals surface area contributed by atoms with Crippen molar-refractivity contribution in [1.82, 2.24) is 19.6 Å². The maximum absolute atomic E-state index is 13.3. The van der Waals surface area contributed by atoms with Gasteiger partial charge in [0.15, 0.2) is 0 Å². The highest BCUT2D eigenvalue weighted by Gasteiger charge is 2.50. The van der Waals surface area contributed by atoms with Gasteiger partial charge in [-0.1, -0.05) is 18.2 Å². The number of amides is 3. The van der Waals surface area contributed by atoms with E-state index in [-0.39, 0.29) is 29.7 Å². The van der Waals surface area contributed by atoms with Crippen molar-refractivity contribution in [2.75, 3.05) is 13.1 Å². The molecule has 0 radical (unpaired) electrons. The molecule has 3 aromatic rings. The highest BCUT2D eigenvalue weighted by molar-refractivity contribution is 6.21. The zero-order chi connectivity index (χ0) is 24.4. The van der Waals surface area contributed by atoms with Crippen LogP contribution in [0.3, 0.4) is 0 Å². The number of hydrogen-bond donors (Lipinski definition) is 1. The molecular formula is C29H30N4O3. The number of nitrogens with one attached hydrogen (secondary N) is 1. The zero-order valence-corrected chi connectivity index (χ0v) is 20.3. The van der Waals surface area contributed by atoms with Crippen LogP contribution in [0.4, 0.5) is 0 Å². The quantitative estimate of drug-likeness (QED) is 0.536. The first-order valence-electron chi connectivity index (χ1n) is 13.2. The molecule has 3 heterocycles. The third-order valence-corrected chi connectivity index (χ3v) is 9.03. The second-order valence-electron chi connectivity index (χ2n) is 11.5. The summed E-state index contributed by atoms with van der Waals surface area (Å²) in [5.41, 5.74) is 3.19. The normalized spacial score (nSPS) is 28.2. The smallest absolute Gasteiger partial charge is 0.268 e. The van der Waals surface area contributed by atoms with Gasteiger partial charge in [-0.2, -0.15) is 0 Å². The van der Waals surface area contributed by atoms with Gasteiger partial charge >= 0.3 is 0 Å². The van der Waals surface area contributed by atoms with Gasteiger partial charge in [0.2, 0.25) is 0 Å². The third-order valence-electron chi connectivity index (χ3n) is 9.03. The summed E-state index contributed by atoms with van der Waals surface area (Å²) < 4.78 is 1.83. The summed E-state index contributed by atoms with van der Waals surface area (Å²) in [5.74, 6) is 1.98. The molecular weight excluding hydrogens is 452 g/mol. The molecule has 0 atom stereocenters. The van der Waals surface area contributed by atoms with Gasteiger partial charge in [0, 0.05) is 25.7 Å². The van der Waals surface area contributed by atoms with Crippen molar-refractivity contribution in [2.24, 2.45) is 23.2 Å². The molecule has 0 unspecified atom stereocenters. The Morgan fingerprint density at radius 1 is 0.917 bits per heavy atom. The maximum Gasteiger partial charge on any atom is 0.268 e. The number of imide groups is 1. The van der Waals surface area contributed by atoms with E-state index in [0.717, 1.165) is 30.0 Å². The number of carbonyl (C=O) groups is 3. The number of aromatic nitrogens is 2. The minimum absolute atomic E-state index is 0.0688. The number of benzene rings is 1. The lowest BCUT2D eigenvalue weighted by Gasteiger charge is -2.56. The molecule has 36 heavy (non-hydrogen) atoms. The number of imidazole rings is 1. The van der Waals surface area contributed by atoms with E-state index < -0.39 is 0 Å². The molecule has 3 amide bonds. The topological polar surface area (TPSA) is 83.8 Å². The van der Waals surface area contributed by atoms with Crippen LogP contribution >= 0.6 is 0 Å². The number of pyridine rings is 1. The first-order valence-corrected chi connectivity index (χ1v) is 13.2. The summed E-state index contributed by atoms with van der Waals surface area (Å²) in [7, 11) is 0. The molecule has 0 spiro atoms. The predicted octanol–water partition coefficient (Wildman–Crippen LogP) is 4.12. The molecule has 1 aromatic carbocycles. The molecule has 8 rings (SSSR count). The average molecular weight is 483 g/mol. The maximum atomic E-state index is 13.3. The van der Waals surface area contributed by atoms with Gasteiger partial charge in [-0.05, 0) is 86.0 Å². The standard InChI is InChI=1S/C29H30N4O3/c34-26(30-17-29-13-18-10-19(14-29)12-20(11-18)15-29)24-6-3-7-25-31-21(16-33(24)25)8-9-32-27(35)22-4-1-2-5-23(22)28(32)36/h1-7,16,18-20H,8-15,17H2,(H,30,34). The van der Waals surface area contributed by atoms with Crippen molar-refractivity contribution in [3.05, 3.63) is 71.2 Å². The summed E-state index contributed by atoms with van der Waals surface area (Å²) in [6.07, 6.45) is 10.2. The first-order chi connectivity index (χ1) is 17.5. The van der Waals surface area contributed by atoms with E-state index >= 15 is 0 Å². The largest absolute Gasteiger partial charge is 0.350 e. The van der Waals surface area contributed by atoms with Crippen LogP contribution < -0.4 is 5.32 Å². The Balaban J connectivity index is 1.05. The van der Waals surface area contributed by atoms with Gasteiger partial charge in [0.1, 0.15) is 11.3 Å². The van der Waals surface area contributed by atoms with E-state index in [9.17, 15) is 14.4 Å². The lowest BCUT2D eigenvalue weighted by molar-refractivity contribution is -0.0503. The van der Waals surface area contributed by atoms with E-state index in [4.69, 9.17) is 0 Å². The molecule has 1 N–H and O–H groups in total. The molecule has 4 bridgehead atoms.